The Labute approximate surface area is 183 Å². The van der Waals surface area contributed by atoms with Crippen molar-refractivity contribution in [2.24, 2.45) is 0 Å². The van der Waals surface area contributed by atoms with Crippen LogP contribution in [0.3, 0.4) is 0 Å². The molecule has 2 heterocycles. The Bertz CT molecular complexity index is 1130. The minimum absolute atomic E-state index is 0.0110. The van der Waals surface area contributed by atoms with Crippen LogP contribution < -0.4 is 29.5 Å². The van der Waals surface area contributed by atoms with E-state index in [2.05, 4.69) is 5.32 Å². The lowest BCUT2D eigenvalue weighted by molar-refractivity contribution is -0.135. The largest absolute Gasteiger partial charge is 0.486 e. The Morgan fingerprint density at radius 2 is 2.00 bits per heavy atom. The molecule has 1 aliphatic rings. The summed E-state index contributed by atoms with van der Waals surface area (Å²) in [5, 5.41) is 2.84. The lowest BCUT2D eigenvalue weighted by atomic mass is 10.2. The smallest absolute Gasteiger partial charge is 0.333 e. The van der Waals surface area contributed by atoms with Crippen molar-refractivity contribution in [3.05, 3.63) is 43.3 Å². The Kier molecular flexibility index (Phi) is 7.51. The molecule has 0 saturated carbocycles. The lowest BCUT2D eigenvalue weighted by Crippen LogP contribution is -2.41. The molecule has 0 fully saturated rings. The minimum Gasteiger partial charge on any atom is -0.486 e. The number of nitrogens with one attached hydrogen (secondary N) is 1. The summed E-state index contributed by atoms with van der Waals surface area (Å²) < 4.78 is 18.1. The molecule has 31 heavy (non-hydrogen) atoms. The summed E-state index contributed by atoms with van der Waals surface area (Å²) in [6.07, 6.45) is 3.72. The van der Waals surface area contributed by atoms with E-state index in [0.29, 0.717) is 33.9 Å². The van der Waals surface area contributed by atoms with Crippen molar-refractivity contribution >= 4 is 35.4 Å². The van der Waals surface area contributed by atoms with Crippen LogP contribution in [0.15, 0.2) is 23.0 Å². The second-order valence-corrected chi connectivity index (χ2v) is 8.08. The van der Waals surface area contributed by atoms with Crippen LogP contribution in [0, 0.1) is 0 Å². The third-order valence-corrected chi connectivity index (χ3v) is 5.71. The highest BCUT2D eigenvalue weighted by atomic mass is 32.1. The van der Waals surface area contributed by atoms with Crippen molar-refractivity contribution in [3.8, 4) is 11.5 Å². The summed E-state index contributed by atoms with van der Waals surface area (Å²) in [5.74, 6) is 0.414. The molecule has 166 valence electrons. The Morgan fingerprint density at radius 1 is 1.26 bits per heavy atom. The SMILES string of the molecule is CCOC(=O)/C=c1\s/c(=C/c2ccc3c(c2)OCCO3)c(=O)n1CC(=O)NC(C)CC. The maximum Gasteiger partial charge on any atom is 0.333 e. The van der Waals surface area contributed by atoms with Gasteiger partial charge in [-0.1, -0.05) is 13.0 Å². The van der Waals surface area contributed by atoms with Crippen LogP contribution in [0.4, 0.5) is 0 Å². The zero-order chi connectivity index (χ0) is 22.4. The highest BCUT2D eigenvalue weighted by Gasteiger charge is 2.14. The van der Waals surface area contributed by atoms with E-state index in [1.807, 2.05) is 19.9 Å². The molecule has 0 spiro atoms. The first kappa shape index (κ1) is 22.6. The molecule has 0 radical (unpaired) electrons. The molecule has 1 unspecified atom stereocenters. The lowest BCUT2D eigenvalue weighted by Gasteiger charge is -2.18. The number of fused-ring (bicyclic) bond motifs is 1. The molecule has 1 aromatic carbocycles. The predicted molar refractivity (Wildman–Crippen MR) is 118 cm³/mol. The van der Waals surface area contributed by atoms with Crippen molar-refractivity contribution in [3.63, 3.8) is 0 Å². The average molecular weight is 447 g/mol. The van der Waals surface area contributed by atoms with Gasteiger partial charge in [0.05, 0.1) is 17.2 Å². The normalized spacial score (nSPS) is 14.9. The summed E-state index contributed by atoms with van der Waals surface area (Å²) in [6, 6.07) is 5.39. The first-order valence-corrected chi connectivity index (χ1v) is 11.0. The van der Waals surface area contributed by atoms with E-state index < -0.39 is 5.97 Å². The van der Waals surface area contributed by atoms with Gasteiger partial charge in [-0.25, -0.2) is 4.79 Å². The topological polar surface area (TPSA) is 95.9 Å². The number of ether oxygens (including phenoxy) is 3. The van der Waals surface area contributed by atoms with Gasteiger partial charge in [0.25, 0.3) is 5.56 Å². The summed E-state index contributed by atoms with van der Waals surface area (Å²) >= 11 is 1.13. The van der Waals surface area contributed by atoms with Gasteiger partial charge in [-0.15, -0.1) is 11.3 Å². The fraction of sp³-hybridized carbons (Fsp3) is 0.409. The second-order valence-electron chi connectivity index (χ2n) is 7.02. The molecule has 9 heteroatoms. The number of amides is 1. The van der Waals surface area contributed by atoms with Crippen LogP contribution in [-0.4, -0.2) is 42.3 Å². The number of carbonyl (C=O) groups is 2. The molecule has 8 nitrogen and oxygen atoms in total. The van der Waals surface area contributed by atoms with E-state index in [1.54, 1.807) is 25.1 Å². The van der Waals surface area contributed by atoms with Gasteiger partial charge in [-0.05, 0) is 44.0 Å². The number of hydrogen-bond acceptors (Lipinski definition) is 7. The summed E-state index contributed by atoms with van der Waals surface area (Å²) in [7, 11) is 0. The maximum atomic E-state index is 13.0. The van der Waals surface area contributed by atoms with Crippen molar-refractivity contribution in [1.29, 1.82) is 0 Å². The van der Waals surface area contributed by atoms with Gasteiger partial charge in [0.2, 0.25) is 5.91 Å². The van der Waals surface area contributed by atoms with Gasteiger partial charge in [-0.2, -0.15) is 0 Å². The molecular weight excluding hydrogens is 420 g/mol. The molecule has 1 aliphatic heterocycles. The molecule has 0 bridgehead atoms. The maximum absolute atomic E-state index is 13.0. The van der Waals surface area contributed by atoms with Crippen molar-refractivity contribution in [1.82, 2.24) is 9.88 Å². The van der Waals surface area contributed by atoms with E-state index in [4.69, 9.17) is 14.2 Å². The fourth-order valence-electron chi connectivity index (χ4n) is 2.94. The van der Waals surface area contributed by atoms with Crippen LogP contribution >= 0.6 is 11.3 Å². The van der Waals surface area contributed by atoms with Crippen molar-refractivity contribution in [2.45, 2.75) is 39.8 Å². The first-order chi connectivity index (χ1) is 14.9. The number of nitrogens with zero attached hydrogens (tertiary/aromatic N) is 1. The Morgan fingerprint density at radius 3 is 2.71 bits per heavy atom. The molecule has 0 aliphatic carbocycles. The van der Waals surface area contributed by atoms with Gasteiger partial charge in [0.1, 0.15) is 24.4 Å². The number of hydrogen-bond donors (Lipinski definition) is 1. The van der Waals surface area contributed by atoms with Gasteiger partial charge >= 0.3 is 5.97 Å². The Hall–Kier alpha value is -3.07. The average Bonchev–Trinajstić information content (AvgIpc) is 3.02. The third-order valence-electron chi connectivity index (χ3n) is 4.65. The summed E-state index contributed by atoms with van der Waals surface area (Å²) in [4.78, 5) is 37.4. The molecule has 1 amide bonds. The predicted octanol–water partition coefficient (Wildman–Crippen LogP) is 0.768. The number of rotatable bonds is 7. The first-order valence-electron chi connectivity index (χ1n) is 10.2. The number of benzene rings is 1. The van der Waals surface area contributed by atoms with Gasteiger partial charge in [0.15, 0.2) is 11.5 Å². The second kappa shape index (κ2) is 10.3. The highest BCUT2D eigenvalue weighted by Crippen LogP contribution is 2.30. The Balaban J connectivity index is 2.02. The molecule has 1 atom stereocenters. The fourth-order valence-corrected chi connectivity index (χ4v) is 3.98. The van der Waals surface area contributed by atoms with Gasteiger partial charge in [-0.3, -0.25) is 14.2 Å². The zero-order valence-electron chi connectivity index (χ0n) is 17.8. The van der Waals surface area contributed by atoms with Crippen molar-refractivity contribution in [2.75, 3.05) is 19.8 Å². The van der Waals surface area contributed by atoms with Gasteiger partial charge in [0, 0.05) is 6.04 Å². The van der Waals surface area contributed by atoms with Crippen LogP contribution in [0.5, 0.6) is 11.5 Å². The van der Waals surface area contributed by atoms with E-state index in [-0.39, 0.29) is 30.7 Å². The van der Waals surface area contributed by atoms with E-state index in [0.717, 1.165) is 23.3 Å². The third kappa shape index (κ3) is 5.75. The van der Waals surface area contributed by atoms with Gasteiger partial charge < -0.3 is 19.5 Å². The number of aromatic nitrogens is 1. The zero-order valence-corrected chi connectivity index (χ0v) is 18.6. The van der Waals surface area contributed by atoms with Crippen LogP contribution in [0.2, 0.25) is 0 Å². The van der Waals surface area contributed by atoms with Crippen molar-refractivity contribution < 1.29 is 23.8 Å². The standard InChI is InChI=1S/C22H26N2O6S/c1-4-14(3)23-19(25)13-24-20(12-21(26)28-5-2)31-18(22(24)27)11-15-6-7-16-17(10-15)30-9-8-29-16/h6-7,10-12,14H,4-5,8-9,13H2,1-3H3,(H,23,25)/b18-11+,20-12-. The quantitative estimate of drug-likeness (QED) is 0.632. The molecule has 1 aromatic heterocycles. The summed E-state index contributed by atoms with van der Waals surface area (Å²) in [5.41, 5.74) is 0.399. The van der Waals surface area contributed by atoms with Crippen LogP contribution in [0.25, 0.3) is 12.2 Å². The monoisotopic (exact) mass is 446 g/mol. The summed E-state index contributed by atoms with van der Waals surface area (Å²) in [6.45, 7) is 6.55. The molecule has 3 rings (SSSR count). The molecule has 2 aromatic rings. The highest BCUT2D eigenvalue weighted by molar-refractivity contribution is 7.07. The van der Waals surface area contributed by atoms with E-state index in [1.165, 1.54) is 10.6 Å². The molecular formula is C22H26N2O6S. The molecule has 1 N–H and O–H groups in total. The minimum atomic E-state index is -0.564. The molecule has 0 saturated heterocycles. The van der Waals surface area contributed by atoms with E-state index >= 15 is 0 Å². The van der Waals surface area contributed by atoms with Crippen LogP contribution in [0.1, 0.15) is 32.8 Å². The number of esters is 1. The van der Waals surface area contributed by atoms with E-state index in [9.17, 15) is 14.4 Å². The van der Waals surface area contributed by atoms with Crippen LogP contribution in [-0.2, 0) is 20.9 Å². The number of carbonyl (C=O) groups excluding carboxylic acids is 2. The number of thiazole rings is 1.